The Morgan fingerprint density at radius 1 is 1.28 bits per heavy atom. The molecule has 1 aromatic heterocycles. The average Bonchev–Trinajstić information content (AvgIpc) is 2.94. The fourth-order valence-corrected chi connectivity index (χ4v) is 6.97. The maximum atomic E-state index is 14.1. The molecule has 0 bridgehead atoms. The number of rotatable bonds is 8. The molecular formula is C21H29Cl2F2N4O2S+. The summed E-state index contributed by atoms with van der Waals surface area (Å²) in [5, 5.41) is 7.22. The highest BCUT2D eigenvalue weighted by Crippen LogP contribution is 2.41. The van der Waals surface area contributed by atoms with Crippen molar-refractivity contribution in [1.82, 2.24) is 15.1 Å². The summed E-state index contributed by atoms with van der Waals surface area (Å²) >= 11 is 12.7. The second-order valence-electron chi connectivity index (χ2n) is 8.22. The first-order chi connectivity index (χ1) is 15.0. The summed E-state index contributed by atoms with van der Waals surface area (Å²) < 4.78 is 54.0. The number of halogens is 4. The van der Waals surface area contributed by atoms with Crippen LogP contribution in [0.1, 0.15) is 42.6 Å². The minimum absolute atomic E-state index is 0.105. The van der Waals surface area contributed by atoms with E-state index in [-0.39, 0.29) is 25.7 Å². The van der Waals surface area contributed by atoms with Gasteiger partial charge in [0.2, 0.25) is 0 Å². The van der Waals surface area contributed by atoms with Crippen molar-refractivity contribution in [2.24, 2.45) is 13.0 Å². The van der Waals surface area contributed by atoms with Gasteiger partial charge in [-0.2, -0.15) is 18.4 Å². The molecule has 11 heteroatoms. The van der Waals surface area contributed by atoms with Crippen molar-refractivity contribution in [2.45, 2.75) is 57.4 Å². The van der Waals surface area contributed by atoms with Gasteiger partial charge in [0.15, 0.2) is 0 Å². The van der Waals surface area contributed by atoms with Gasteiger partial charge in [0.25, 0.3) is 4.90 Å². The molecular weight excluding hydrogens is 481 g/mol. The van der Waals surface area contributed by atoms with Gasteiger partial charge in [-0.15, -0.1) is 0 Å². The van der Waals surface area contributed by atoms with Crippen LogP contribution in [0, 0.1) is 19.8 Å². The van der Waals surface area contributed by atoms with Crippen molar-refractivity contribution in [1.29, 1.82) is 0 Å². The Morgan fingerprint density at radius 2 is 1.88 bits per heavy atom. The van der Waals surface area contributed by atoms with Gasteiger partial charge in [0.05, 0.1) is 11.4 Å². The Labute approximate surface area is 198 Å². The van der Waals surface area contributed by atoms with Gasteiger partial charge in [0.1, 0.15) is 15.7 Å². The molecule has 0 amide bonds. The van der Waals surface area contributed by atoms with Gasteiger partial charge in [-0.3, -0.25) is 4.68 Å². The first-order valence-electron chi connectivity index (χ1n) is 10.6. The van der Waals surface area contributed by atoms with Crippen LogP contribution in [0.3, 0.4) is 0 Å². The van der Waals surface area contributed by atoms with Gasteiger partial charge in [0, 0.05) is 7.05 Å². The minimum Gasteiger partial charge on any atom is -0.317 e. The number of anilines is 1. The molecule has 1 saturated heterocycles. The van der Waals surface area contributed by atoms with Crippen LogP contribution in [0.5, 0.6) is 0 Å². The first kappa shape index (κ1) is 25.4. The molecule has 2 heterocycles. The van der Waals surface area contributed by atoms with E-state index < -0.39 is 21.8 Å². The number of aromatic nitrogens is 2. The van der Waals surface area contributed by atoms with E-state index >= 15 is 0 Å². The van der Waals surface area contributed by atoms with Crippen molar-refractivity contribution in [2.75, 3.05) is 17.4 Å². The summed E-state index contributed by atoms with van der Waals surface area (Å²) in [7, 11) is -2.91. The first-order valence-corrected chi connectivity index (χ1v) is 12.8. The lowest BCUT2D eigenvalue weighted by Gasteiger charge is -2.23. The molecule has 1 aliphatic heterocycles. The Morgan fingerprint density at radius 3 is 2.38 bits per heavy atom. The van der Waals surface area contributed by atoms with Crippen molar-refractivity contribution >= 4 is 39.3 Å². The Balaban J connectivity index is 1.87. The quantitative estimate of drug-likeness (QED) is 0.356. The number of aryl methyl sites for hydroxylation is 3. The van der Waals surface area contributed by atoms with E-state index in [2.05, 4.69) is 10.4 Å². The predicted molar refractivity (Wildman–Crippen MR) is 125 cm³/mol. The summed E-state index contributed by atoms with van der Waals surface area (Å²) in [5.74, 6) is 0.684. The highest BCUT2D eigenvalue weighted by molar-refractivity contribution is 7.99. The van der Waals surface area contributed by atoms with Crippen LogP contribution in [0.25, 0.3) is 0 Å². The molecule has 1 fully saturated rings. The fourth-order valence-electron chi connectivity index (χ4n) is 4.29. The molecule has 0 radical (unpaired) electrons. The molecule has 0 spiro atoms. The summed E-state index contributed by atoms with van der Waals surface area (Å²) in [6, 6.07) is 3.10. The molecule has 1 aromatic carbocycles. The lowest BCUT2D eigenvalue weighted by Crippen LogP contribution is -2.41. The normalized spacial score (nSPS) is 17.0. The molecule has 32 heavy (non-hydrogen) atoms. The number of nitrogens with one attached hydrogen (secondary N) is 1. The van der Waals surface area contributed by atoms with E-state index in [0.717, 1.165) is 44.3 Å². The van der Waals surface area contributed by atoms with Crippen molar-refractivity contribution < 1.29 is 17.5 Å². The predicted octanol–water partition coefficient (Wildman–Crippen LogP) is 5.64. The molecule has 6 nitrogen and oxygen atoms in total. The van der Waals surface area contributed by atoms with Crippen LogP contribution in [0.15, 0.2) is 17.0 Å². The largest absolute Gasteiger partial charge is 0.357 e. The molecule has 178 valence electrons. The van der Waals surface area contributed by atoms with Crippen LogP contribution >= 0.6 is 23.2 Å². The zero-order valence-corrected chi connectivity index (χ0v) is 20.7. The van der Waals surface area contributed by atoms with Gasteiger partial charge < -0.3 is 5.32 Å². The van der Waals surface area contributed by atoms with Crippen LogP contribution in [-0.4, -0.2) is 34.0 Å². The van der Waals surface area contributed by atoms with E-state index in [1.165, 1.54) is 11.6 Å². The maximum Gasteiger partial charge on any atom is 0.357 e. The van der Waals surface area contributed by atoms with E-state index in [0.29, 0.717) is 18.0 Å². The number of alkyl halides is 2. The summed E-state index contributed by atoms with van der Waals surface area (Å²) in [6.45, 7) is 1.86. The maximum absolute atomic E-state index is 14.1. The molecule has 0 saturated carbocycles. The lowest BCUT2D eigenvalue weighted by atomic mass is 9.92. The third-order valence-corrected chi connectivity index (χ3v) is 8.66. The SMILES string of the molecule is Cc1nn(C)c(C)c1N(C(F)F)[S+](=O)(O)c1c(Cl)cc(CCCC2CCNCC2)cc1Cl. The summed E-state index contributed by atoms with van der Waals surface area (Å²) in [5.41, 5.74) is 1.22. The second kappa shape index (κ2) is 10.3. The molecule has 0 aliphatic carbocycles. The smallest absolute Gasteiger partial charge is 0.317 e. The third kappa shape index (κ3) is 5.28. The Hall–Kier alpha value is -1.26. The lowest BCUT2D eigenvalue weighted by molar-refractivity contribution is 0.159. The molecule has 3 rings (SSSR count). The van der Waals surface area contributed by atoms with Crippen LogP contribution in [-0.2, 0) is 28.1 Å². The average molecular weight is 510 g/mol. The zero-order chi connectivity index (χ0) is 23.6. The van der Waals surface area contributed by atoms with Gasteiger partial charge in [-0.1, -0.05) is 33.9 Å². The van der Waals surface area contributed by atoms with E-state index in [1.54, 1.807) is 26.1 Å². The highest BCUT2D eigenvalue weighted by atomic mass is 35.5. The van der Waals surface area contributed by atoms with Gasteiger partial charge in [-0.05, 0) is 80.4 Å². The molecule has 1 atom stereocenters. The van der Waals surface area contributed by atoms with E-state index in [4.69, 9.17) is 23.2 Å². The molecule has 1 unspecified atom stereocenters. The molecule has 2 N–H and O–H groups in total. The number of benzene rings is 1. The van der Waals surface area contributed by atoms with Crippen LogP contribution in [0.4, 0.5) is 14.5 Å². The monoisotopic (exact) mass is 509 g/mol. The number of piperidine rings is 1. The second-order valence-corrected chi connectivity index (χ2v) is 10.8. The summed E-state index contributed by atoms with van der Waals surface area (Å²) in [4.78, 5) is -0.411. The van der Waals surface area contributed by atoms with Crippen molar-refractivity contribution in [3.63, 3.8) is 0 Å². The van der Waals surface area contributed by atoms with E-state index in [1.807, 2.05) is 0 Å². The Kier molecular flexibility index (Phi) is 8.20. The molecule has 2 aromatic rings. The van der Waals surface area contributed by atoms with Crippen LogP contribution < -0.4 is 9.62 Å². The highest BCUT2D eigenvalue weighted by Gasteiger charge is 2.49. The molecule has 1 aliphatic rings. The minimum atomic E-state index is -4.49. The Bertz CT molecular complexity index is 989. The van der Waals surface area contributed by atoms with E-state index in [9.17, 15) is 17.5 Å². The van der Waals surface area contributed by atoms with Crippen LogP contribution in [0.2, 0.25) is 10.0 Å². The van der Waals surface area contributed by atoms with Gasteiger partial charge >= 0.3 is 16.9 Å². The third-order valence-electron chi connectivity index (χ3n) is 6.00. The van der Waals surface area contributed by atoms with Gasteiger partial charge in [-0.25, -0.2) is 0 Å². The zero-order valence-electron chi connectivity index (χ0n) is 18.4. The fraction of sp³-hybridized carbons (Fsp3) is 0.571. The number of hydrogen-bond donors (Lipinski definition) is 2. The topological polar surface area (TPSA) is 70.4 Å². The standard InChI is InChI=1S/C21H28Cl2F2N4O2S/c1-13-19(14(2)28(3)27-13)29(21(24)25)32(30,31)20-17(22)11-16(12-18(20)23)6-4-5-15-7-9-26-10-8-15/h11-12,15,21,26H,4-10H2,1-3H3/p+1. The number of hydrogen-bond acceptors (Lipinski definition) is 3. The summed E-state index contributed by atoms with van der Waals surface area (Å²) in [6.07, 6.45) is 5.03. The number of nitrogens with zero attached hydrogens (tertiary/aromatic N) is 3. The van der Waals surface area contributed by atoms with Crippen molar-refractivity contribution in [3.8, 4) is 0 Å². The van der Waals surface area contributed by atoms with Crippen molar-refractivity contribution in [3.05, 3.63) is 39.1 Å².